The number of nitrogens with one attached hydrogen (secondary N) is 2. The van der Waals surface area contributed by atoms with E-state index in [9.17, 15) is 9.70 Å². The Morgan fingerprint density at radius 3 is 2.57 bits per heavy atom. The summed E-state index contributed by atoms with van der Waals surface area (Å²) in [6.07, 6.45) is 4.21. The fourth-order valence-corrected chi connectivity index (χ4v) is 1.35. The first kappa shape index (κ1) is 10.9. The highest BCUT2D eigenvalue weighted by atomic mass is 16.3. The zero-order valence-electron chi connectivity index (χ0n) is 8.16. The number of rotatable bonds is 1. The Morgan fingerprint density at radius 1 is 1.14 bits per heavy atom. The summed E-state index contributed by atoms with van der Waals surface area (Å²) in [6, 6.07) is 0. The van der Waals surface area contributed by atoms with E-state index in [0.29, 0.717) is 13.1 Å². The lowest BCUT2D eigenvalue weighted by Crippen LogP contribution is -2.41. The van der Waals surface area contributed by atoms with E-state index in [-0.39, 0.29) is 12.5 Å². The zero-order chi connectivity index (χ0) is 10.2. The van der Waals surface area contributed by atoms with E-state index >= 15 is 0 Å². The van der Waals surface area contributed by atoms with Gasteiger partial charge >= 0.3 is 0 Å². The van der Waals surface area contributed by atoms with E-state index in [1.54, 1.807) is 0 Å². The predicted octanol–water partition coefficient (Wildman–Crippen LogP) is 0.165. The van der Waals surface area contributed by atoms with Crippen molar-refractivity contribution in [1.82, 2.24) is 15.9 Å². The standard InChI is InChI=1S/C8H16N4O2/c13-8-7-12(11-14)10-6-4-2-1-3-5-9-8/h10H,1-7H2,(H,9,13). The van der Waals surface area contributed by atoms with E-state index in [0.717, 1.165) is 30.8 Å². The van der Waals surface area contributed by atoms with E-state index in [2.05, 4.69) is 16.0 Å². The number of carbonyl (C=O) groups is 1. The van der Waals surface area contributed by atoms with Crippen LogP contribution < -0.4 is 10.7 Å². The topological polar surface area (TPSA) is 73.8 Å². The van der Waals surface area contributed by atoms with Crippen molar-refractivity contribution >= 4 is 5.91 Å². The molecule has 0 spiro atoms. The van der Waals surface area contributed by atoms with Gasteiger partial charge in [0.2, 0.25) is 5.91 Å². The van der Waals surface area contributed by atoms with Gasteiger partial charge in [0, 0.05) is 13.1 Å². The van der Waals surface area contributed by atoms with Gasteiger partial charge < -0.3 is 5.32 Å². The Hall–Kier alpha value is -1.17. The summed E-state index contributed by atoms with van der Waals surface area (Å²) in [6.45, 7) is 1.37. The van der Waals surface area contributed by atoms with Crippen LogP contribution >= 0.6 is 0 Å². The highest BCUT2D eigenvalue weighted by molar-refractivity contribution is 5.77. The minimum Gasteiger partial charge on any atom is -0.354 e. The highest BCUT2D eigenvalue weighted by Gasteiger charge is 2.09. The molecule has 1 fully saturated rings. The van der Waals surface area contributed by atoms with Gasteiger partial charge in [-0.05, 0) is 12.8 Å². The minimum absolute atomic E-state index is 0.0104. The van der Waals surface area contributed by atoms with Gasteiger partial charge in [-0.25, -0.2) is 5.43 Å². The second-order valence-electron chi connectivity index (χ2n) is 3.31. The van der Waals surface area contributed by atoms with Crippen LogP contribution in [0.15, 0.2) is 5.29 Å². The summed E-state index contributed by atoms with van der Waals surface area (Å²) in [4.78, 5) is 21.5. The minimum atomic E-state index is -0.168. The second kappa shape index (κ2) is 6.31. The molecule has 6 nitrogen and oxygen atoms in total. The maximum absolute atomic E-state index is 11.2. The fourth-order valence-electron chi connectivity index (χ4n) is 1.35. The summed E-state index contributed by atoms with van der Waals surface area (Å²) in [5.41, 5.74) is 2.79. The van der Waals surface area contributed by atoms with Gasteiger partial charge in [0.05, 0.1) is 5.29 Å². The molecule has 14 heavy (non-hydrogen) atoms. The number of hydrazine groups is 1. The first-order valence-electron chi connectivity index (χ1n) is 4.94. The Balaban J connectivity index is 2.39. The molecular formula is C8H16N4O2. The average Bonchev–Trinajstić information content (AvgIpc) is 2.23. The van der Waals surface area contributed by atoms with Gasteiger partial charge in [-0.2, -0.15) is 5.12 Å². The monoisotopic (exact) mass is 200 g/mol. The number of hydrogen-bond acceptors (Lipinski definition) is 4. The van der Waals surface area contributed by atoms with Crippen molar-refractivity contribution in [2.75, 3.05) is 19.6 Å². The molecule has 0 aliphatic carbocycles. The smallest absolute Gasteiger partial charge is 0.243 e. The number of nitrogens with zero attached hydrogens (tertiary/aromatic N) is 2. The molecule has 1 rings (SSSR count). The second-order valence-corrected chi connectivity index (χ2v) is 3.31. The van der Waals surface area contributed by atoms with Crippen LogP contribution in [0.1, 0.15) is 25.7 Å². The maximum atomic E-state index is 11.2. The molecule has 1 heterocycles. The van der Waals surface area contributed by atoms with Crippen LogP contribution in [0.3, 0.4) is 0 Å². The van der Waals surface area contributed by atoms with Crippen LogP contribution in [-0.4, -0.2) is 30.7 Å². The molecule has 0 bridgehead atoms. The van der Waals surface area contributed by atoms with Crippen molar-refractivity contribution in [3.8, 4) is 0 Å². The molecular weight excluding hydrogens is 184 g/mol. The van der Waals surface area contributed by atoms with Crippen molar-refractivity contribution in [2.24, 2.45) is 5.29 Å². The molecule has 1 aliphatic rings. The first-order chi connectivity index (χ1) is 6.83. The van der Waals surface area contributed by atoms with Crippen LogP contribution in [-0.2, 0) is 4.79 Å². The third-order valence-corrected chi connectivity index (χ3v) is 2.11. The molecule has 0 atom stereocenters. The van der Waals surface area contributed by atoms with Crippen LogP contribution in [0.4, 0.5) is 0 Å². The Bertz CT molecular complexity index is 198. The normalized spacial score (nSPS) is 20.9. The van der Waals surface area contributed by atoms with Gasteiger partial charge in [0.1, 0.15) is 6.54 Å². The summed E-state index contributed by atoms with van der Waals surface area (Å²) in [5, 5.41) is 6.48. The van der Waals surface area contributed by atoms with Crippen LogP contribution in [0, 0.1) is 4.91 Å². The van der Waals surface area contributed by atoms with Gasteiger partial charge in [-0.1, -0.05) is 12.8 Å². The third-order valence-electron chi connectivity index (χ3n) is 2.11. The average molecular weight is 200 g/mol. The molecule has 1 amide bonds. The van der Waals surface area contributed by atoms with Gasteiger partial charge in [-0.3, -0.25) is 4.79 Å². The van der Waals surface area contributed by atoms with E-state index in [1.807, 2.05) is 0 Å². The molecule has 0 aromatic heterocycles. The molecule has 0 aromatic carbocycles. The number of carbonyl (C=O) groups excluding carboxylic acids is 1. The number of amides is 1. The summed E-state index contributed by atoms with van der Waals surface area (Å²) in [5.74, 6) is -0.168. The SMILES string of the molecule is O=NN1CC(=O)NCCCCCCN1. The Labute approximate surface area is 82.9 Å². The molecule has 0 radical (unpaired) electrons. The van der Waals surface area contributed by atoms with Crippen molar-refractivity contribution in [2.45, 2.75) is 25.7 Å². The van der Waals surface area contributed by atoms with Crippen molar-refractivity contribution < 1.29 is 4.79 Å². The first-order valence-corrected chi connectivity index (χ1v) is 4.94. The summed E-state index contributed by atoms with van der Waals surface area (Å²) >= 11 is 0. The van der Waals surface area contributed by atoms with Gasteiger partial charge in [0.15, 0.2) is 0 Å². The van der Waals surface area contributed by atoms with Crippen LogP contribution in [0.25, 0.3) is 0 Å². The lowest BCUT2D eigenvalue weighted by molar-refractivity contribution is -0.123. The zero-order valence-corrected chi connectivity index (χ0v) is 8.16. The van der Waals surface area contributed by atoms with E-state index in [1.165, 1.54) is 0 Å². The number of nitroso groups, excluding NO2 is 1. The number of hydrogen-bond donors (Lipinski definition) is 2. The molecule has 6 heteroatoms. The molecule has 0 aromatic rings. The Morgan fingerprint density at radius 2 is 1.86 bits per heavy atom. The Kier molecular flexibility index (Phi) is 4.92. The lowest BCUT2D eigenvalue weighted by atomic mass is 10.2. The molecule has 1 saturated heterocycles. The molecule has 1 aliphatic heterocycles. The van der Waals surface area contributed by atoms with E-state index < -0.39 is 0 Å². The maximum Gasteiger partial charge on any atom is 0.243 e. The molecule has 2 N–H and O–H groups in total. The predicted molar refractivity (Wildman–Crippen MR) is 52.0 cm³/mol. The summed E-state index contributed by atoms with van der Waals surface area (Å²) < 4.78 is 0. The third kappa shape index (κ3) is 4.18. The van der Waals surface area contributed by atoms with Crippen molar-refractivity contribution in [3.05, 3.63) is 4.91 Å². The molecule has 80 valence electrons. The fraction of sp³-hybridized carbons (Fsp3) is 0.875. The van der Waals surface area contributed by atoms with Crippen LogP contribution in [0.5, 0.6) is 0 Å². The summed E-state index contributed by atoms with van der Waals surface area (Å²) in [7, 11) is 0. The van der Waals surface area contributed by atoms with Gasteiger partial charge in [0.25, 0.3) is 0 Å². The van der Waals surface area contributed by atoms with Crippen molar-refractivity contribution in [3.63, 3.8) is 0 Å². The lowest BCUT2D eigenvalue weighted by Gasteiger charge is -2.14. The largest absolute Gasteiger partial charge is 0.354 e. The highest BCUT2D eigenvalue weighted by Crippen LogP contribution is 1.99. The van der Waals surface area contributed by atoms with Crippen LogP contribution in [0.2, 0.25) is 0 Å². The molecule has 0 unspecified atom stereocenters. The quantitative estimate of drug-likeness (QED) is 0.591. The van der Waals surface area contributed by atoms with E-state index in [4.69, 9.17) is 0 Å². The van der Waals surface area contributed by atoms with Gasteiger partial charge in [-0.15, -0.1) is 4.91 Å². The molecule has 0 saturated carbocycles. The van der Waals surface area contributed by atoms with Crippen molar-refractivity contribution in [1.29, 1.82) is 0 Å².